The predicted molar refractivity (Wildman–Crippen MR) is 113 cm³/mol. The van der Waals surface area contributed by atoms with Crippen LogP contribution in [0.4, 0.5) is 5.69 Å². The maximum Gasteiger partial charge on any atom is 0.266 e. The molecule has 0 atom stereocenters. The number of carbonyl (C=O) groups excluding carboxylic acids is 1. The summed E-state index contributed by atoms with van der Waals surface area (Å²) in [5.74, 6) is 1.37. The summed E-state index contributed by atoms with van der Waals surface area (Å²) in [5, 5.41) is 12.3. The standard InChI is InChI=1S/C23H23N3O4/c1-15-10-17(16(2)26(15)14-20-6-5-9-30-20)11-18(13-24)23(27)25-19-7-8-21(28-3)22(12-19)29-4/h5-12H,14H2,1-4H3,(H,25,27)/b18-11+. The second kappa shape index (κ2) is 9.05. The van der Waals surface area contributed by atoms with Gasteiger partial charge in [0, 0.05) is 23.1 Å². The number of hydrogen-bond donors (Lipinski definition) is 1. The second-order valence-electron chi connectivity index (χ2n) is 6.69. The van der Waals surface area contributed by atoms with Gasteiger partial charge < -0.3 is 23.8 Å². The molecule has 7 nitrogen and oxygen atoms in total. The number of rotatable bonds is 7. The molecule has 3 rings (SSSR count). The first-order valence-electron chi connectivity index (χ1n) is 9.31. The minimum Gasteiger partial charge on any atom is -0.493 e. The molecule has 0 aliphatic heterocycles. The molecule has 0 fully saturated rings. The number of aryl methyl sites for hydroxylation is 1. The number of carbonyl (C=O) groups is 1. The molecule has 1 N–H and O–H groups in total. The minimum atomic E-state index is -0.499. The van der Waals surface area contributed by atoms with E-state index in [1.165, 1.54) is 14.2 Å². The van der Waals surface area contributed by atoms with Crippen molar-refractivity contribution in [1.82, 2.24) is 4.57 Å². The van der Waals surface area contributed by atoms with E-state index in [0.717, 1.165) is 22.7 Å². The molecule has 0 unspecified atom stereocenters. The van der Waals surface area contributed by atoms with Gasteiger partial charge in [-0.2, -0.15) is 5.26 Å². The first-order chi connectivity index (χ1) is 14.5. The SMILES string of the molecule is COc1ccc(NC(=O)/C(C#N)=C/c2cc(C)n(Cc3ccco3)c2C)cc1OC. The van der Waals surface area contributed by atoms with E-state index in [1.807, 2.05) is 38.1 Å². The van der Waals surface area contributed by atoms with Crippen molar-refractivity contribution in [2.24, 2.45) is 0 Å². The Kier molecular flexibility index (Phi) is 6.28. The van der Waals surface area contributed by atoms with Crippen LogP contribution in [0.25, 0.3) is 6.08 Å². The molecular formula is C23H23N3O4. The Hall–Kier alpha value is -3.92. The van der Waals surface area contributed by atoms with Gasteiger partial charge in [-0.3, -0.25) is 4.79 Å². The van der Waals surface area contributed by atoms with Crippen LogP contribution in [0.3, 0.4) is 0 Å². The maximum absolute atomic E-state index is 12.7. The van der Waals surface area contributed by atoms with E-state index in [-0.39, 0.29) is 5.57 Å². The molecule has 0 radical (unpaired) electrons. The van der Waals surface area contributed by atoms with Crippen molar-refractivity contribution in [2.75, 3.05) is 19.5 Å². The van der Waals surface area contributed by atoms with Gasteiger partial charge in [0.25, 0.3) is 5.91 Å². The molecule has 0 saturated heterocycles. The van der Waals surface area contributed by atoms with Crippen molar-refractivity contribution in [3.63, 3.8) is 0 Å². The summed E-state index contributed by atoms with van der Waals surface area (Å²) in [7, 11) is 3.05. The van der Waals surface area contributed by atoms with Crippen LogP contribution in [-0.2, 0) is 11.3 Å². The topological polar surface area (TPSA) is 89.4 Å². The van der Waals surface area contributed by atoms with Gasteiger partial charge in [-0.05, 0) is 55.8 Å². The lowest BCUT2D eigenvalue weighted by molar-refractivity contribution is -0.112. The molecular weight excluding hydrogens is 382 g/mol. The Balaban J connectivity index is 1.84. The summed E-state index contributed by atoms with van der Waals surface area (Å²) in [4.78, 5) is 12.7. The molecule has 0 bridgehead atoms. The summed E-state index contributed by atoms with van der Waals surface area (Å²) in [6.45, 7) is 4.50. The summed E-state index contributed by atoms with van der Waals surface area (Å²) >= 11 is 0. The van der Waals surface area contributed by atoms with Gasteiger partial charge in [-0.15, -0.1) is 0 Å². The fourth-order valence-corrected chi connectivity index (χ4v) is 3.19. The third-order valence-electron chi connectivity index (χ3n) is 4.81. The lowest BCUT2D eigenvalue weighted by atomic mass is 10.1. The fraction of sp³-hybridized carbons (Fsp3) is 0.217. The van der Waals surface area contributed by atoms with Gasteiger partial charge in [-0.1, -0.05) is 0 Å². The zero-order valence-corrected chi connectivity index (χ0v) is 17.4. The van der Waals surface area contributed by atoms with E-state index in [9.17, 15) is 10.1 Å². The van der Waals surface area contributed by atoms with E-state index in [1.54, 1.807) is 30.5 Å². The molecule has 1 aromatic carbocycles. The highest BCUT2D eigenvalue weighted by atomic mass is 16.5. The number of aromatic nitrogens is 1. The number of nitrogens with one attached hydrogen (secondary N) is 1. The number of ether oxygens (including phenoxy) is 2. The third-order valence-corrected chi connectivity index (χ3v) is 4.81. The Labute approximate surface area is 175 Å². The average molecular weight is 405 g/mol. The number of nitriles is 1. The van der Waals surface area contributed by atoms with Gasteiger partial charge in [0.1, 0.15) is 17.4 Å². The zero-order chi connectivity index (χ0) is 21.7. The number of methoxy groups -OCH3 is 2. The van der Waals surface area contributed by atoms with Crippen molar-refractivity contribution >= 4 is 17.7 Å². The largest absolute Gasteiger partial charge is 0.493 e. The highest BCUT2D eigenvalue weighted by molar-refractivity contribution is 6.09. The molecule has 30 heavy (non-hydrogen) atoms. The van der Waals surface area contributed by atoms with Gasteiger partial charge >= 0.3 is 0 Å². The van der Waals surface area contributed by atoms with Crippen molar-refractivity contribution in [3.8, 4) is 17.6 Å². The first kappa shape index (κ1) is 20.8. The van der Waals surface area contributed by atoms with Crippen LogP contribution in [0.2, 0.25) is 0 Å². The average Bonchev–Trinajstić information content (AvgIpc) is 3.35. The molecule has 0 aliphatic carbocycles. The first-order valence-corrected chi connectivity index (χ1v) is 9.31. The van der Waals surface area contributed by atoms with Crippen LogP contribution in [-0.4, -0.2) is 24.7 Å². The smallest absolute Gasteiger partial charge is 0.266 e. The highest BCUT2D eigenvalue weighted by Gasteiger charge is 2.15. The molecule has 7 heteroatoms. The number of amides is 1. The van der Waals surface area contributed by atoms with Crippen LogP contribution >= 0.6 is 0 Å². The maximum atomic E-state index is 12.7. The monoisotopic (exact) mass is 405 g/mol. The molecule has 3 aromatic rings. The van der Waals surface area contributed by atoms with E-state index < -0.39 is 5.91 Å². The summed E-state index contributed by atoms with van der Waals surface area (Å²) in [6.07, 6.45) is 3.23. The van der Waals surface area contributed by atoms with Gasteiger partial charge in [0.15, 0.2) is 11.5 Å². The number of hydrogen-bond acceptors (Lipinski definition) is 5. The molecule has 2 aromatic heterocycles. The van der Waals surface area contributed by atoms with E-state index in [4.69, 9.17) is 13.9 Å². The minimum absolute atomic E-state index is 0.00281. The Morgan fingerprint density at radius 3 is 2.60 bits per heavy atom. The van der Waals surface area contributed by atoms with Gasteiger partial charge in [0.2, 0.25) is 0 Å². The summed E-state index contributed by atoms with van der Waals surface area (Å²) in [6, 6.07) is 12.7. The summed E-state index contributed by atoms with van der Waals surface area (Å²) < 4.78 is 17.9. The second-order valence-corrected chi connectivity index (χ2v) is 6.69. The highest BCUT2D eigenvalue weighted by Crippen LogP contribution is 2.30. The quantitative estimate of drug-likeness (QED) is 0.467. The Morgan fingerprint density at radius 2 is 1.97 bits per heavy atom. The van der Waals surface area contributed by atoms with Crippen LogP contribution in [0.5, 0.6) is 11.5 Å². The number of nitrogens with zero attached hydrogens (tertiary/aromatic N) is 2. The van der Waals surface area contributed by atoms with Crippen LogP contribution in [0.15, 0.2) is 52.7 Å². The molecule has 0 saturated carbocycles. The van der Waals surface area contributed by atoms with Crippen molar-refractivity contribution in [3.05, 3.63) is 70.9 Å². The van der Waals surface area contributed by atoms with Crippen molar-refractivity contribution < 1.29 is 18.7 Å². The Morgan fingerprint density at radius 1 is 1.20 bits per heavy atom. The normalized spacial score (nSPS) is 11.1. The number of furan rings is 1. The van der Waals surface area contributed by atoms with E-state index in [2.05, 4.69) is 9.88 Å². The Bertz CT molecular complexity index is 1120. The summed E-state index contributed by atoms with van der Waals surface area (Å²) in [5.41, 5.74) is 3.26. The molecule has 0 spiro atoms. The lowest BCUT2D eigenvalue weighted by Crippen LogP contribution is -2.13. The fourth-order valence-electron chi connectivity index (χ4n) is 3.19. The zero-order valence-electron chi connectivity index (χ0n) is 17.4. The molecule has 1 amide bonds. The number of anilines is 1. The predicted octanol–water partition coefficient (Wildman–Crippen LogP) is 4.31. The molecule has 0 aliphatic rings. The van der Waals surface area contributed by atoms with Crippen LogP contribution < -0.4 is 14.8 Å². The van der Waals surface area contributed by atoms with Crippen molar-refractivity contribution in [2.45, 2.75) is 20.4 Å². The lowest BCUT2D eigenvalue weighted by Gasteiger charge is -2.10. The van der Waals surface area contributed by atoms with Gasteiger partial charge in [-0.25, -0.2) is 0 Å². The van der Waals surface area contributed by atoms with E-state index >= 15 is 0 Å². The van der Waals surface area contributed by atoms with Crippen LogP contribution in [0, 0.1) is 25.2 Å². The molecule has 2 heterocycles. The van der Waals surface area contributed by atoms with Crippen molar-refractivity contribution in [1.29, 1.82) is 5.26 Å². The molecule has 154 valence electrons. The van der Waals surface area contributed by atoms with E-state index in [0.29, 0.717) is 23.7 Å². The third kappa shape index (κ3) is 4.39. The van der Waals surface area contributed by atoms with Gasteiger partial charge in [0.05, 0.1) is 27.0 Å². The number of benzene rings is 1. The van der Waals surface area contributed by atoms with Crippen LogP contribution in [0.1, 0.15) is 22.7 Å².